The second-order valence-electron chi connectivity index (χ2n) is 3.72. The fourth-order valence-electron chi connectivity index (χ4n) is 1.37. The molecule has 1 fully saturated rings. The minimum absolute atomic E-state index is 0.680. The van der Waals surface area contributed by atoms with E-state index >= 15 is 0 Å². The topological polar surface area (TPSA) is 32.3 Å². The Bertz CT molecular complexity index is 166. The van der Waals surface area contributed by atoms with Crippen molar-refractivity contribution in [3.63, 3.8) is 0 Å². The van der Waals surface area contributed by atoms with E-state index in [1.165, 1.54) is 0 Å². The van der Waals surface area contributed by atoms with E-state index in [9.17, 15) is 4.21 Å². The zero-order chi connectivity index (χ0) is 9.14. The standard InChI is InChI=1S/C8H18N2OS/c1-7(2)8-4-10(5-8)6-12(11)9-3/h7-9H,4-6H2,1-3H3. The third kappa shape index (κ3) is 2.54. The van der Waals surface area contributed by atoms with E-state index in [2.05, 4.69) is 23.5 Å². The van der Waals surface area contributed by atoms with Gasteiger partial charge in [-0.15, -0.1) is 0 Å². The summed E-state index contributed by atoms with van der Waals surface area (Å²) in [7, 11) is 0.874. The van der Waals surface area contributed by atoms with Crippen LogP contribution in [0.15, 0.2) is 0 Å². The molecule has 1 saturated heterocycles. The molecule has 1 aliphatic rings. The highest BCUT2D eigenvalue weighted by molar-refractivity contribution is 7.82. The summed E-state index contributed by atoms with van der Waals surface area (Å²) < 4.78 is 13.8. The van der Waals surface area contributed by atoms with Crippen LogP contribution < -0.4 is 4.72 Å². The third-order valence-electron chi connectivity index (χ3n) is 2.46. The Morgan fingerprint density at radius 1 is 1.58 bits per heavy atom. The largest absolute Gasteiger partial charge is 0.290 e. The molecule has 72 valence electrons. The molecule has 1 heterocycles. The molecule has 0 amide bonds. The fraction of sp³-hybridized carbons (Fsp3) is 1.00. The zero-order valence-electron chi connectivity index (χ0n) is 8.04. The van der Waals surface area contributed by atoms with Crippen molar-refractivity contribution in [2.24, 2.45) is 11.8 Å². The van der Waals surface area contributed by atoms with Crippen LogP contribution in [-0.4, -0.2) is 35.1 Å². The molecule has 0 radical (unpaired) electrons. The Morgan fingerprint density at radius 2 is 2.17 bits per heavy atom. The summed E-state index contributed by atoms with van der Waals surface area (Å²) >= 11 is 0. The van der Waals surface area contributed by atoms with Gasteiger partial charge in [-0.05, 0) is 18.9 Å². The highest BCUT2D eigenvalue weighted by Gasteiger charge is 2.29. The summed E-state index contributed by atoms with van der Waals surface area (Å²) in [6.07, 6.45) is 0. The lowest BCUT2D eigenvalue weighted by Crippen LogP contribution is -2.50. The Labute approximate surface area is 77.1 Å². The van der Waals surface area contributed by atoms with Crippen molar-refractivity contribution in [1.29, 1.82) is 0 Å². The van der Waals surface area contributed by atoms with Crippen LogP contribution in [0.25, 0.3) is 0 Å². The second kappa shape index (κ2) is 4.35. The van der Waals surface area contributed by atoms with Crippen LogP contribution in [0.3, 0.4) is 0 Å². The maximum Gasteiger partial charge on any atom is 0.106 e. The molecule has 1 aliphatic heterocycles. The Hall–Kier alpha value is 0.0700. The average molecular weight is 190 g/mol. The van der Waals surface area contributed by atoms with Gasteiger partial charge in [0.2, 0.25) is 0 Å². The summed E-state index contributed by atoms with van der Waals surface area (Å²) in [4.78, 5) is 2.23. The van der Waals surface area contributed by atoms with Crippen LogP contribution in [0.2, 0.25) is 0 Å². The van der Waals surface area contributed by atoms with Gasteiger partial charge in [-0.2, -0.15) is 0 Å². The zero-order valence-corrected chi connectivity index (χ0v) is 8.86. The lowest BCUT2D eigenvalue weighted by atomic mass is 9.89. The third-order valence-corrected chi connectivity index (χ3v) is 3.51. The highest BCUT2D eigenvalue weighted by Crippen LogP contribution is 2.22. The number of likely N-dealkylation sites (tertiary alicyclic amines) is 1. The molecule has 0 aromatic rings. The summed E-state index contributed by atoms with van der Waals surface area (Å²) in [6.45, 7) is 6.73. The lowest BCUT2D eigenvalue weighted by Gasteiger charge is -2.41. The first-order chi connectivity index (χ1) is 5.63. The van der Waals surface area contributed by atoms with Crippen molar-refractivity contribution in [3.8, 4) is 0 Å². The number of rotatable bonds is 4. The van der Waals surface area contributed by atoms with E-state index in [0.717, 1.165) is 24.9 Å². The van der Waals surface area contributed by atoms with Crippen LogP contribution in [-0.2, 0) is 11.0 Å². The van der Waals surface area contributed by atoms with E-state index in [0.29, 0.717) is 5.88 Å². The van der Waals surface area contributed by atoms with Gasteiger partial charge in [-0.25, -0.2) is 8.93 Å². The van der Waals surface area contributed by atoms with Gasteiger partial charge >= 0.3 is 0 Å². The summed E-state index contributed by atoms with van der Waals surface area (Å²) in [5.41, 5.74) is 0. The maximum absolute atomic E-state index is 11.0. The second-order valence-corrected chi connectivity index (χ2v) is 5.08. The van der Waals surface area contributed by atoms with E-state index < -0.39 is 11.0 Å². The molecular formula is C8H18N2OS. The SMILES string of the molecule is CNS(=O)CN1CC(C(C)C)C1. The molecule has 0 saturated carbocycles. The van der Waals surface area contributed by atoms with Crippen molar-refractivity contribution >= 4 is 11.0 Å². The molecule has 0 aliphatic carbocycles. The first kappa shape index (κ1) is 10.2. The minimum atomic E-state index is -0.858. The molecule has 1 N–H and O–H groups in total. The molecular weight excluding hydrogens is 172 g/mol. The molecule has 12 heavy (non-hydrogen) atoms. The van der Waals surface area contributed by atoms with Crippen LogP contribution in [0, 0.1) is 11.8 Å². The van der Waals surface area contributed by atoms with Crippen LogP contribution >= 0.6 is 0 Å². The van der Waals surface area contributed by atoms with E-state index in [1.54, 1.807) is 7.05 Å². The van der Waals surface area contributed by atoms with Gasteiger partial charge in [0.1, 0.15) is 11.0 Å². The van der Waals surface area contributed by atoms with Gasteiger partial charge < -0.3 is 0 Å². The number of nitrogens with one attached hydrogen (secondary N) is 1. The Kier molecular flexibility index (Phi) is 3.68. The van der Waals surface area contributed by atoms with Gasteiger partial charge in [0.15, 0.2) is 0 Å². The van der Waals surface area contributed by atoms with Gasteiger partial charge in [0.05, 0.1) is 5.88 Å². The van der Waals surface area contributed by atoms with Crippen molar-refractivity contribution in [3.05, 3.63) is 0 Å². The van der Waals surface area contributed by atoms with E-state index in [-0.39, 0.29) is 0 Å². The van der Waals surface area contributed by atoms with E-state index in [1.807, 2.05) is 0 Å². The van der Waals surface area contributed by atoms with Crippen molar-refractivity contribution < 1.29 is 4.21 Å². The first-order valence-corrected chi connectivity index (χ1v) is 5.73. The monoisotopic (exact) mass is 190 g/mol. The molecule has 0 aromatic carbocycles. The summed E-state index contributed by atoms with van der Waals surface area (Å²) in [6, 6.07) is 0. The highest BCUT2D eigenvalue weighted by atomic mass is 32.2. The molecule has 1 rings (SSSR count). The lowest BCUT2D eigenvalue weighted by molar-refractivity contribution is 0.0886. The fourth-order valence-corrected chi connectivity index (χ4v) is 2.04. The van der Waals surface area contributed by atoms with Gasteiger partial charge in [0, 0.05) is 13.1 Å². The van der Waals surface area contributed by atoms with Gasteiger partial charge in [0.25, 0.3) is 0 Å². The molecule has 1 unspecified atom stereocenters. The van der Waals surface area contributed by atoms with Crippen molar-refractivity contribution in [2.45, 2.75) is 13.8 Å². The number of nitrogens with zero attached hydrogens (tertiary/aromatic N) is 1. The molecule has 4 heteroatoms. The van der Waals surface area contributed by atoms with Crippen molar-refractivity contribution in [2.75, 3.05) is 26.0 Å². The maximum atomic E-state index is 11.0. The van der Waals surface area contributed by atoms with Crippen molar-refractivity contribution in [1.82, 2.24) is 9.62 Å². The predicted molar refractivity (Wildman–Crippen MR) is 52.0 cm³/mol. The predicted octanol–water partition coefficient (Wildman–Crippen LogP) is 0.415. The average Bonchev–Trinajstić information content (AvgIpc) is 1.94. The molecule has 0 aromatic heterocycles. The molecule has 0 spiro atoms. The normalized spacial score (nSPS) is 22.7. The Morgan fingerprint density at radius 3 is 2.58 bits per heavy atom. The number of hydrogen-bond donors (Lipinski definition) is 1. The first-order valence-electron chi connectivity index (χ1n) is 4.41. The molecule has 1 atom stereocenters. The Balaban J connectivity index is 2.13. The summed E-state index contributed by atoms with van der Waals surface area (Å²) in [5.74, 6) is 2.27. The smallest absolute Gasteiger partial charge is 0.106 e. The van der Waals surface area contributed by atoms with Gasteiger partial charge in [-0.1, -0.05) is 13.8 Å². The quantitative estimate of drug-likeness (QED) is 0.696. The summed E-state index contributed by atoms with van der Waals surface area (Å²) in [5, 5.41) is 0. The van der Waals surface area contributed by atoms with Crippen LogP contribution in [0.4, 0.5) is 0 Å². The minimum Gasteiger partial charge on any atom is -0.290 e. The van der Waals surface area contributed by atoms with E-state index in [4.69, 9.17) is 0 Å². The van der Waals surface area contributed by atoms with Crippen LogP contribution in [0.1, 0.15) is 13.8 Å². The molecule has 3 nitrogen and oxygen atoms in total. The van der Waals surface area contributed by atoms with Gasteiger partial charge in [-0.3, -0.25) is 4.90 Å². The number of hydrogen-bond acceptors (Lipinski definition) is 2. The van der Waals surface area contributed by atoms with Crippen LogP contribution in [0.5, 0.6) is 0 Å². The molecule has 0 bridgehead atoms.